The van der Waals surface area contributed by atoms with E-state index >= 15 is 0 Å². The summed E-state index contributed by atoms with van der Waals surface area (Å²) in [7, 11) is 0. The number of halogens is 3. The molecule has 4 aromatic rings. The van der Waals surface area contributed by atoms with Crippen LogP contribution in [-0.4, -0.2) is 26.5 Å². The number of benzene rings is 1. The van der Waals surface area contributed by atoms with Crippen LogP contribution in [0.1, 0.15) is 0 Å². The molecule has 0 fully saturated rings. The number of anilines is 2. The van der Waals surface area contributed by atoms with E-state index in [0.29, 0.717) is 22.9 Å². The van der Waals surface area contributed by atoms with Crippen molar-refractivity contribution in [3.05, 3.63) is 73.2 Å². The number of hydrogen-bond donors (Lipinski definition) is 2. The predicted molar refractivity (Wildman–Crippen MR) is 101 cm³/mol. The monoisotopic (exact) mass is 397 g/mol. The van der Waals surface area contributed by atoms with Crippen LogP contribution in [0.15, 0.2) is 73.2 Å². The second kappa shape index (κ2) is 7.63. The van der Waals surface area contributed by atoms with Gasteiger partial charge in [-0.25, -0.2) is 4.98 Å². The lowest BCUT2D eigenvalue weighted by molar-refractivity contribution is -0.274. The van der Waals surface area contributed by atoms with Gasteiger partial charge in [0.05, 0.1) is 5.69 Å². The van der Waals surface area contributed by atoms with Crippen molar-refractivity contribution in [1.82, 2.24) is 20.2 Å². The maximum atomic E-state index is 12.4. The Labute approximate surface area is 163 Å². The molecule has 0 unspecified atom stereocenters. The van der Waals surface area contributed by atoms with Crippen molar-refractivity contribution in [2.45, 2.75) is 6.36 Å². The minimum Gasteiger partial charge on any atom is -0.406 e. The first-order chi connectivity index (χ1) is 14.0. The highest BCUT2D eigenvalue weighted by Crippen LogP contribution is 2.31. The molecule has 9 heteroatoms. The van der Waals surface area contributed by atoms with Gasteiger partial charge in [-0.2, -0.15) is 5.10 Å². The van der Waals surface area contributed by atoms with Gasteiger partial charge >= 0.3 is 6.36 Å². The van der Waals surface area contributed by atoms with Gasteiger partial charge in [-0.05, 0) is 42.0 Å². The van der Waals surface area contributed by atoms with Gasteiger partial charge in [-0.15, -0.1) is 13.2 Å². The van der Waals surface area contributed by atoms with E-state index in [2.05, 4.69) is 30.2 Å². The maximum absolute atomic E-state index is 12.4. The number of nitrogens with one attached hydrogen (secondary N) is 2. The lowest BCUT2D eigenvalue weighted by atomic mass is 10.1. The van der Waals surface area contributed by atoms with Gasteiger partial charge in [0.25, 0.3) is 0 Å². The molecule has 3 heterocycles. The summed E-state index contributed by atoms with van der Waals surface area (Å²) in [5, 5.41) is 10.1. The van der Waals surface area contributed by atoms with Crippen molar-refractivity contribution >= 4 is 11.5 Å². The number of alkyl halides is 3. The van der Waals surface area contributed by atoms with Crippen LogP contribution in [0.5, 0.6) is 5.75 Å². The molecule has 2 N–H and O–H groups in total. The molecule has 0 amide bonds. The van der Waals surface area contributed by atoms with Crippen LogP contribution in [0.25, 0.3) is 22.5 Å². The van der Waals surface area contributed by atoms with Crippen molar-refractivity contribution in [1.29, 1.82) is 0 Å². The third-order valence-corrected chi connectivity index (χ3v) is 3.96. The molecule has 3 aromatic heterocycles. The second-order valence-electron chi connectivity index (χ2n) is 5.99. The van der Waals surface area contributed by atoms with Crippen LogP contribution < -0.4 is 10.1 Å². The number of pyridine rings is 2. The number of aromatic nitrogens is 4. The third-order valence-electron chi connectivity index (χ3n) is 3.96. The Bertz CT molecular complexity index is 1110. The molecule has 0 saturated heterocycles. The van der Waals surface area contributed by atoms with E-state index in [4.69, 9.17) is 0 Å². The molecular weight excluding hydrogens is 383 g/mol. The smallest absolute Gasteiger partial charge is 0.406 e. The first-order valence-corrected chi connectivity index (χ1v) is 8.52. The summed E-state index contributed by atoms with van der Waals surface area (Å²) in [5.41, 5.74) is 3.45. The second-order valence-corrected chi connectivity index (χ2v) is 5.99. The summed E-state index contributed by atoms with van der Waals surface area (Å²) in [6.07, 6.45) is 0.285. The molecule has 0 aliphatic heterocycles. The van der Waals surface area contributed by atoms with E-state index in [1.807, 2.05) is 24.3 Å². The molecule has 0 atom stereocenters. The Morgan fingerprint density at radius 2 is 1.83 bits per heavy atom. The Kier molecular flexibility index (Phi) is 4.86. The number of rotatable bonds is 5. The predicted octanol–water partition coefficient (Wildman–Crippen LogP) is 5.18. The molecule has 1 aromatic carbocycles. The SMILES string of the molecule is FC(F)(F)Oc1cccc(Nc2cc(-c3c[nH]nc3-c3ccccn3)ccn2)c1. The van der Waals surface area contributed by atoms with Crippen molar-refractivity contribution in [3.63, 3.8) is 0 Å². The summed E-state index contributed by atoms with van der Waals surface area (Å²) >= 11 is 0. The van der Waals surface area contributed by atoms with Gasteiger partial charge in [0.15, 0.2) is 0 Å². The summed E-state index contributed by atoms with van der Waals surface area (Å²) in [6.45, 7) is 0. The van der Waals surface area contributed by atoms with E-state index in [0.717, 1.165) is 11.1 Å². The van der Waals surface area contributed by atoms with Crippen LogP contribution in [0.2, 0.25) is 0 Å². The number of hydrogen-bond acceptors (Lipinski definition) is 5. The molecule has 0 aliphatic carbocycles. The molecule has 146 valence electrons. The molecule has 4 rings (SSSR count). The van der Waals surface area contributed by atoms with E-state index in [1.54, 1.807) is 30.7 Å². The molecule has 0 aliphatic rings. The van der Waals surface area contributed by atoms with Gasteiger partial charge in [0.1, 0.15) is 17.3 Å². The fraction of sp³-hybridized carbons (Fsp3) is 0.0500. The van der Waals surface area contributed by atoms with Crippen LogP contribution in [0.4, 0.5) is 24.7 Å². The van der Waals surface area contributed by atoms with E-state index in [-0.39, 0.29) is 5.75 Å². The summed E-state index contributed by atoms with van der Waals surface area (Å²) in [5.74, 6) is 0.144. The van der Waals surface area contributed by atoms with E-state index in [9.17, 15) is 13.2 Å². The zero-order valence-corrected chi connectivity index (χ0v) is 14.8. The van der Waals surface area contributed by atoms with Crippen LogP contribution in [-0.2, 0) is 0 Å². The van der Waals surface area contributed by atoms with Crippen LogP contribution in [0.3, 0.4) is 0 Å². The minimum absolute atomic E-state index is 0.314. The topological polar surface area (TPSA) is 75.7 Å². The zero-order chi connectivity index (χ0) is 20.3. The molecular formula is C20H14F3N5O. The van der Waals surface area contributed by atoms with Crippen LogP contribution >= 0.6 is 0 Å². The van der Waals surface area contributed by atoms with Gasteiger partial charge in [-0.3, -0.25) is 10.1 Å². The quantitative estimate of drug-likeness (QED) is 0.486. The third kappa shape index (κ3) is 4.52. The van der Waals surface area contributed by atoms with Gasteiger partial charge in [0, 0.05) is 35.9 Å². The Balaban J connectivity index is 1.60. The van der Waals surface area contributed by atoms with Crippen molar-refractivity contribution in [2.75, 3.05) is 5.32 Å². The molecule has 0 radical (unpaired) electrons. The largest absolute Gasteiger partial charge is 0.573 e. The minimum atomic E-state index is -4.75. The maximum Gasteiger partial charge on any atom is 0.573 e. The van der Waals surface area contributed by atoms with Crippen molar-refractivity contribution in [3.8, 4) is 28.3 Å². The molecule has 29 heavy (non-hydrogen) atoms. The molecule has 0 bridgehead atoms. The summed E-state index contributed by atoms with van der Waals surface area (Å²) in [4.78, 5) is 8.55. The number of H-pyrrole nitrogens is 1. The highest BCUT2D eigenvalue weighted by molar-refractivity contribution is 5.80. The van der Waals surface area contributed by atoms with E-state index < -0.39 is 6.36 Å². The van der Waals surface area contributed by atoms with Crippen molar-refractivity contribution in [2.24, 2.45) is 0 Å². The fourth-order valence-corrected chi connectivity index (χ4v) is 2.79. The van der Waals surface area contributed by atoms with Gasteiger partial charge in [0.2, 0.25) is 0 Å². The average molecular weight is 397 g/mol. The average Bonchev–Trinajstić information content (AvgIpc) is 3.18. The number of nitrogens with zero attached hydrogens (tertiary/aromatic N) is 3. The first kappa shape index (κ1) is 18.5. The normalized spacial score (nSPS) is 11.3. The lowest BCUT2D eigenvalue weighted by Crippen LogP contribution is -2.17. The molecule has 0 spiro atoms. The Morgan fingerprint density at radius 1 is 0.931 bits per heavy atom. The fourth-order valence-electron chi connectivity index (χ4n) is 2.79. The Morgan fingerprint density at radius 3 is 2.62 bits per heavy atom. The highest BCUT2D eigenvalue weighted by Gasteiger charge is 2.31. The summed E-state index contributed by atoms with van der Waals surface area (Å²) < 4.78 is 41.2. The van der Waals surface area contributed by atoms with Crippen molar-refractivity contribution < 1.29 is 17.9 Å². The first-order valence-electron chi connectivity index (χ1n) is 8.52. The molecule has 0 saturated carbocycles. The summed E-state index contributed by atoms with van der Waals surface area (Å²) in [6, 6.07) is 14.7. The number of aromatic amines is 1. The van der Waals surface area contributed by atoms with Gasteiger partial charge in [-0.1, -0.05) is 12.1 Å². The lowest BCUT2D eigenvalue weighted by Gasteiger charge is -2.11. The number of ether oxygens (including phenoxy) is 1. The molecule has 6 nitrogen and oxygen atoms in total. The van der Waals surface area contributed by atoms with Crippen LogP contribution in [0, 0.1) is 0 Å². The Hall–Kier alpha value is -3.88. The van der Waals surface area contributed by atoms with Gasteiger partial charge < -0.3 is 10.1 Å². The standard InChI is InChI=1S/C20H14F3N5O/c21-20(22,23)29-15-5-3-4-14(11-15)27-18-10-13(7-9-25-18)16-12-26-28-19(16)17-6-1-2-8-24-17/h1-12H,(H,25,27)(H,26,28). The highest BCUT2D eigenvalue weighted by atomic mass is 19.4. The zero-order valence-electron chi connectivity index (χ0n) is 14.8. The van der Waals surface area contributed by atoms with E-state index in [1.165, 1.54) is 18.2 Å².